The van der Waals surface area contributed by atoms with Crippen LogP contribution in [-0.4, -0.2) is 90.5 Å². The molecule has 0 aliphatic rings. The largest absolute Gasteiger partial charge is 0.480 e. The number of nitrogens with one attached hydrogen (secondary N) is 3. The number of nitrogens with two attached hydrogens (primary N) is 7. The highest BCUT2D eigenvalue weighted by molar-refractivity contribution is 5.94. The molecule has 42 heavy (non-hydrogen) atoms. The van der Waals surface area contributed by atoms with Crippen molar-refractivity contribution < 1.29 is 24.3 Å². The van der Waals surface area contributed by atoms with Crippen LogP contribution < -0.4 is 56.1 Å². The molecular weight excluding hydrogens is 550 g/mol. The van der Waals surface area contributed by atoms with Crippen LogP contribution in [0.4, 0.5) is 0 Å². The van der Waals surface area contributed by atoms with Crippen molar-refractivity contribution in [3.05, 3.63) is 0 Å². The number of rotatable bonds is 21. The number of hydrogen-bond donors (Lipinski definition) is 11. The van der Waals surface area contributed by atoms with Crippen LogP contribution in [0.15, 0.2) is 15.0 Å². The molecule has 240 valence electrons. The predicted molar refractivity (Wildman–Crippen MR) is 161 cm³/mol. The molecule has 3 amide bonds. The number of amides is 3. The van der Waals surface area contributed by atoms with Crippen LogP contribution in [0.5, 0.6) is 0 Å². The third-order valence-electron chi connectivity index (χ3n) is 6.24. The Labute approximate surface area is 245 Å². The van der Waals surface area contributed by atoms with Crippen LogP contribution in [0.1, 0.15) is 58.8 Å². The number of carbonyl (C=O) groups excluding carboxylic acids is 3. The molecule has 18 nitrogen and oxygen atoms in total. The SMILES string of the molecule is CCC(C)C(NC(=O)C(N)CCCN=C(N)N)C(=O)NC(CCCN=C(N)N)C(=O)NC(CCCN=C(N)N)C(=O)O. The maximum atomic E-state index is 13.4. The van der Waals surface area contributed by atoms with Crippen molar-refractivity contribution in [3.8, 4) is 0 Å². The molecule has 0 bridgehead atoms. The predicted octanol–water partition coefficient (Wildman–Crippen LogP) is -3.94. The van der Waals surface area contributed by atoms with Crippen LogP contribution in [0.3, 0.4) is 0 Å². The summed E-state index contributed by atoms with van der Waals surface area (Å²) >= 11 is 0. The quantitative estimate of drug-likeness (QED) is 0.0342. The summed E-state index contributed by atoms with van der Waals surface area (Å²) in [6.45, 7) is 4.24. The third kappa shape index (κ3) is 16.7. The van der Waals surface area contributed by atoms with Gasteiger partial charge >= 0.3 is 5.97 Å². The van der Waals surface area contributed by atoms with Gasteiger partial charge in [-0.05, 0) is 44.4 Å². The van der Waals surface area contributed by atoms with Gasteiger partial charge in [-0.1, -0.05) is 20.3 Å². The van der Waals surface area contributed by atoms with Gasteiger partial charge in [-0.2, -0.15) is 0 Å². The van der Waals surface area contributed by atoms with Gasteiger partial charge < -0.3 is 61.2 Å². The van der Waals surface area contributed by atoms with Crippen LogP contribution in [-0.2, 0) is 19.2 Å². The molecule has 18 heteroatoms. The maximum absolute atomic E-state index is 13.4. The second-order valence-corrected chi connectivity index (χ2v) is 9.79. The van der Waals surface area contributed by atoms with Crippen molar-refractivity contribution >= 4 is 41.6 Å². The maximum Gasteiger partial charge on any atom is 0.326 e. The van der Waals surface area contributed by atoms with Crippen LogP contribution in [0.2, 0.25) is 0 Å². The minimum atomic E-state index is -1.27. The molecular formula is C24H49N13O5. The van der Waals surface area contributed by atoms with E-state index in [1.165, 1.54) is 0 Å². The standard InChI is InChI=1S/C24H49N13O5/c1-3-13(2)17(37-18(38)14(25)7-4-10-32-22(26)27)20(40)35-15(8-5-11-33-23(28)29)19(39)36-16(21(41)42)9-6-12-34-24(30)31/h13-17H,3-12,25H2,1-2H3,(H,35,40)(H,36,39)(H,37,38)(H,41,42)(H4,26,27,32)(H4,28,29,33)(H4,30,31,34). The Balaban J connectivity index is 5.64. The highest BCUT2D eigenvalue weighted by atomic mass is 16.4. The first-order valence-corrected chi connectivity index (χ1v) is 13.7. The normalized spacial score (nSPS) is 14.2. The van der Waals surface area contributed by atoms with E-state index in [2.05, 4.69) is 30.9 Å². The number of hydrogen-bond acceptors (Lipinski definition) is 8. The van der Waals surface area contributed by atoms with Crippen molar-refractivity contribution in [2.24, 2.45) is 61.0 Å². The number of nitrogens with zero attached hydrogens (tertiary/aromatic N) is 3. The summed E-state index contributed by atoms with van der Waals surface area (Å²) in [6, 6.07) is -4.35. The zero-order valence-electron chi connectivity index (χ0n) is 24.4. The zero-order chi connectivity index (χ0) is 32.2. The number of aliphatic carboxylic acids is 1. The molecule has 5 unspecified atom stereocenters. The first-order chi connectivity index (χ1) is 19.7. The third-order valence-corrected chi connectivity index (χ3v) is 6.24. The Hall–Kier alpha value is -4.35. The molecule has 0 aromatic carbocycles. The van der Waals surface area contributed by atoms with Gasteiger partial charge in [0.25, 0.3) is 0 Å². The monoisotopic (exact) mass is 599 g/mol. The van der Waals surface area contributed by atoms with E-state index < -0.39 is 47.9 Å². The highest BCUT2D eigenvalue weighted by Gasteiger charge is 2.32. The van der Waals surface area contributed by atoms with Crippen molar-refractivity contribution in [3.63, 3.8) is 0 Å². The molecule has 0 rings (SSSR count). The van der Waals surface area contributed by atoms with E-state index in [0.717, 1.165) is 0 Å². The number of carboxylic acids is 1. The number of aliphatic imine (C=N–C) groups is 3. The van der Waals surface area contributed by atoms with E-state index in [1.807, 2.05) is 6.92 Å². The molecule has 0 saturated carbocycles. The summed E-state index contributed by atoms with van der Waals surface area (Å²) in [7, 11) is 0. The average Bonchev–Trinajstić information content (AvgIpc) is 2.91. The lowest BCUT2D eigenvalue weighted by Gasteiger charge is -2.28. The fourth-order valence-corrected chi connectivity index (χ4v) is 3.68. The van der Waals surface area contributed by atoms with Crippen molar-refractivity contribution in [1.82, 2.24) is 16.0 Å². The Morgan fingerprint density at radius 3 is 1.52 bits per heavy atom. The molecule has 0 fully saturated rings. The van der Waals surface area contributed by atoms with Gasteiger partial charge in [-0.15, -0.1) is 0 Å². The van der Waals surface area contributed by atoms with E-state index in [1.54, 1.807) is 6.92 Å². The van der Waals surface area contributed by atoms with Gasteiger partial charge in [0.05, 0.1) is 6.04 Å². The van der Waals surface area contributed by atoms with E-state index in [9.17, 15) is 24.3 Å². The zero-order valence-corrected chi connectivity index (χ0v) is 24.4. The lowest BCUT2D eigenvalue weighted by atomic mass is 9.96. The minimum Gasteiger partial charge on any atom is -0.480 e. The van der Waals surface area contributed by atoms with Crippen LogP contribution in [0.25, 0.3) is 0 Å². The Kier molecular flexibility index (Phi) is 18.4. The fraction of sp³-hybridized carbons (Fsp3) is 0.708. The average molecular weight is 600 g/mol. The summed E-state index contributed by atoms with van der Waals surface area (Å²) in [4.78, 5) is 62.6. The van der Waals surface area contributed by atoms with Gasteiger partial charge in [0.1, 0.15) is 18.1 Å². The van der Waals surface area contributed by atoms with Gasteiger partial charge in [0.15, 0.2) is 17.9 Å². The molecule has 0 heterocycles. The molecule has 0 spiro atoms. The van der Waals surface area contributed by atoms with Gasteiger partial charge in [-0.3, -0.25) is 29.4 Å². The number of carboxylic acid groups (broad SMARTS) is 1. The summed E-state index contributed by atoms with van der Waals surface area (Å²) in [5, 5.41) is 17.4. The minimum absolute atomic E-state index is 0.0408. The Morgan fingerprint density at radius 1 is 0.667 bits per heavy atom. The van der Waals surface area contributed by atoms with Crippen molar-refractivity contribution in [1.29, 1.82) is 0 Å². The summed E-state index contributed by atoms with van der Waals surface area (Å²) < 4.78 is 0. The van der Waals surface area contributed by atoms with E-state index >= 15 is 0 Å². The number of carbonyl (C=O) groups is 4. The molecule has 18 N–H and O–H groups in total. The smallest absolute Gasteiger partial charge is 0.326 e. The lowest BCUT2D eigenvalue weighted by molar-refractivity contribution is -0.142. The Morgan fingerprint density at radius 2 is 1.10 bits per heavy atom. The molecule has 0 aliphatic heterocycles. The number of guanidine groups is 3. The topological polar surface area (TPSA) is 344 Å². The summed E-state index contributed by atoms with van der Waals surface area (Å²) in [5.74, 6) is -3.85. The molecule has 5 atom stereocenters. The first-order valence-electron chi connectivity index (χ1n) is 13.7. The first kappa shape index (κ1) is 37.6. The fourth-order valence-electron chi connectivity index (χ4n) is 3.68. The second kappa shape index (κ2) is 20.5. The molecule has 0 saturated heterocycles. The van der Waals surface area contributed by atoms with Gasteiger partial charge in [0, 0.05) is 19.6 Å². The van der Waals surface area contributed by atoms with Gasteiger partial charge in [0.2, 0.25) is 17.7 Å². The molecule has 0 aromatic rings. The summed E-state index contributed by atoms with van der Waals surface area (Å²) in [6.07, 6.45) is 1.94. The highest BCUT2D eigenvalue weighted by Crippen LogP contribution is 2.11. The van der Waals surface area contributed by atoms with E-state index in [-0.39, 0.29) is 62.6 Å². The van der Waals surface area contributed by atoms with Crippen LogP contribution >= 0.6 is 0 Å². The van der Waals surface area contributed by atoms with E-state index in [0.29, 0.717) is 25.8 Å². The second-order valence-electron chi connectivity index (χ2n) is 9.79. The molecule has 0 aromatic heterocycles. The van der Waals surface area contributed by atoms with Gasteiger partial charge in [-0.25, -0.2) is 4.79 Å². The molecule has 0 radical (unpaired) electrons. The Bertz CT molecular complexity index is 960. The lowest BCUT2D eigenvalue weighted by Crippen LogP contribution is -2.58. The van der Waals surface area contributed by atoms with Crippen molar-refractivity contribution in [2.45, 2.75) is 83.0 Å². The molecule has 0 aliphatic carbocycles. The van der Waals surface area contributed by atoms with Crippen molar-refractivity contribution in [2.75, 3.05) is 19.6 Å². The van der Waals surface area contributed by atoms with Crippen LogP contribution in [0, 0.1) is 5.92 Å². The summed E-state index contributed by atoms with van der Waals surface area (Å²) in [5.41, 5.74) is 37.9. The van der Waals surface area contributed by atoms with E-state index in [4.69, 9.17) is 40.1 Å².